The van der Waals surface area contributed by atoms with Crippen molar-refractivity contribution in [3.63, 3.8) is 0 Å². The van der Waals surface area contributed by atoms with Crippen LogP contribution in [0.5, 0.6) is 0 Å². The van der Waals surface area contributed by atoms with Gasteiger partial charge < -0.3 is 5.32 Å². The van der Waals surface area contributed by atoms with E-state index in [1.807, 2.05) is 35.8 Å². The normalized spacial score (nSPS) is 12.2. The van der Waals surface area contributed by atoms with Crippen molar-refractivity contribution in [2.75, 3.05) is 12.0 Å². The first-order valence-electron chi connectivity index (χ1n) is 5.33. The van der Waals surface area contributed by atoms with Crippen molar-refractivity contribution in [2.24, 2.45) is 0 Å². The summed E-state index contributed by atoms with van der Waals surface area (Å²) in [4.78, 5) is 12.0. The van der Waals surface area contributed by atoms with E-state index < -0.39 is 0 Å². The van der Waals surface area contributed by atoms with Crippen molar-refractivity contribution in [3.05, 3.63) is 33.1 Å². The Labute approximate surface area is 119 Å². The highest BCUT2D eigenvalue weighted by atomic mass is 127. The van der Waals surface area contributed by atoms with Crippen molar-refractivity contribution in [2.45, 2.75) is 19.4 Å². The minimum Gasteiger partial charge on any atom is -0.348 e. The number of nitrogens with one attached hydrogen (secondary N) is 1. The van der Waals surface area contributed by atoms with E-state index in [9.17, 15) is 9.18 Å². The topological polar surface area (TPSA) is 29.1 Å². The molecule has 1 aromatic rings. The Morgan fingerprint density at radius 1 is 1.59 bits per heavy atom. The lowest BCUT2D eigenvalue weighted by Gasteiger charge is -2.16. The maximum Gasteiger partial charge on any atom is 0.252 e. The number of halogens is 2. The molecular formula is C12H15FINOS. The first-order chi connectivity index (χ1) is 8.08. The predicted molar refractivity (Wildman–Crippen MR) is 79.0 cm³/mol. The zero-order valence-corrected chi connectivity index (χ0v) is 12.8. The standard InChI is InChI=1S/C12H15FINOS/c1-3-9(7-17-2)15-12(16)10-5-4-8(13)6-11(10)14/h4-6,9H,3,7H2,1-2H3,(H,15,16). The fourth-order valence-corrected chi connectivity index (χ4v) is 2.84. The smallest absolute Gasteiger partial charge is 0.252 e. The van der Waals surface area contributed by atoms with Gasteiger partial charge in [-0.15, -0.1) is 0 Å². The van der Waals surface area contributed by atoms with Gasteiger partial charge in [0.2, 0.25) is 0 Å². The molecule has 1 atom stereocenters. The summed E-state index contributed by atoms with van der Waals surface area (Å²) in [5, 5.41) is 2.96. The van der Waals surface area contributed by atoms with Crippen LogP contribution in [0.15, 0.2) is 18.2 Å². The molecule has 0 aromatic heterocycles. The molecule has 0 saturated carbocycles. The van der Waals surface area contributed by atoms with Crippen molar-refractivity contribution < 1.29 is 9.18 Å². The first kappa shape index (κ1) is 14.8. The molecule has 0 heterocycles. The summed E-state index contributed by atoms with van der Waals surface area (Å²) < 4.78 is 13.6. The minimum absolute atomic E-state index is 0.129. The molecular weight excluding hydrogens is 352 g/mol. The summed E-state index contributed by atoms with van der Waals surface area (Å²) >= 11 is 3.68. The van der Waals surface area contributed by atoms with Gasteiger partial charge in [0, 0.05) is 15.4 Å². The van der Waals surface area contributed by atoms with Crippen LogP contribution >= 0.6 is 34.4 Å². The molecule has 0 spiro atoms. The third-order valence-electron chi connectivity index (χ3n) is 2.37. The predicted octanol–water partition coefficient (Wildman–Crippen LogP) is 3.30. The van der Waals surface area contributed by atoms with Gasteiger partial charge in [-0.05, 0) is 53.5 Å². The molecule has 1 aromatic carbocycles. The summed E-state index contributed by atoms with van der Waals surface area (Å²) in [6.45, 7) is 2.04. The van der Waals surface area contributed by atoms with Crippen LogP contribution < -0.4 is 5.32 Å². The van der Waals surface area contributed by atoms with Crippen LogP contribution in [0.3, 0.4) is 0 Å². The van der Waals surface area contributed by atoms with Crippen LogP contribution in [-0.2, 0) is 0 Å². The quantitative estimate of drug-likeness (QED) is 0.810. The minimum atomic E-state index is -0.317. The fraction of sp³-hybridized carbons (Fsp3) is 0.417. The van der Waals surface area contributed by atoms with E-state index in [2.05, 4.69) is 5.32 Å². The molecule has 0 fully saturated rings. The Balaban J connectivity index is 2.75. The van der Waals surface area contributed by atoms with E-state index in [0.717, 1.165) is 12.2 Å². The molecule has 17 heavy (non-hydrogen) atoms. The Hall–Kier alpha value is -0.300. The Bertz CT molecular complexity index is 400. The Kier molecular flexibility index (Phi) is 6.26. The van der Waals surface area contributed by atoms with E-state index in [0.29, 0.717) is 9.13 Å². The van der Waals surface area contributed by atoms with Gasteiger partial charge in [0.05, 0.1) is 5.56 Å². The molecule has 2 nitrogen and oxygen atoms in total. The van der Waals surface area contributed by atoms with Crippen LogP contribution in [0.1, 0.15) is 23.7 Å². The van der Waals surface area contributed by atoms with Gasteiger partial charge in [-0.3, -0.25) is 4.79 Å². The highest BCUT2D eigenvalue weighted by molar-refractivity contribution is 14.1. The van der Waals surface area contributed by atoms with Crippen LogP contribution in [0, 0.1) is 9.39 Å². The van der Waals surface area contributed by atoms with Crippen LogP contribution in [0.4, 0.5) is 4.39 Å². The zero-order valence-electron chi connectivity index (χ0n) is 9.80. The molecule has 0 aliphatic heterocycles. The van der Waals surface area contributed by atoms with E-state index in [1.54, 1.807) is 11.8 Å². The molecule has 1 unspecified atom stereocenters. The molecule has 5 heteroatoms. The summed E-state index contributed by atoms with van der Waals surface area (Å²) in [6.07, 6.45) is 2.90. The van der Waals surface area contributed by atoms with Gasteiger partial charge in [0.1, 0.15) is 5.82 Å². The number of benzene rings is 1. The average molecular weight is 367 g/mol. The Morgan fingerprint density at radius 2 is 2.29 bits per heavy atom. The van der Waals surface area contributed by atoms with Gasteiger partial charge >= 0.3 is 0 Å². The van der Waals surface area contributed by atoms with Gasteiger partial charge in [-0.25, -0.2) is 4.39 Å². The van der Waals surface area contributed by atoms with Gasteiger partial charge in [0.25, 0.3) is 5.91 Å². The number of hydrogen-bond acceptors (Lipinski definition) is 2. The van der Waals surface area contributed by atoms with Crippen LogP contribution in [-0.4, -0.2) is 24.0 Å². The highest BCUT2D eigenvalue weighted by Crippen LogP contribution is 2.14. The second kappa shape index (κ2) is 7.20. The summed E-state index contributed by atoms with van der Waals surface area (Å²) in [5.41, 5.74) is 0.534. The third-order valence-corrected chi connectivity index (χ3v) is 4.00. The molecule has 0 radical (unpaired) electrons. The number of amides is 1. The second-order valence-electron chi connectivity index (χ2n) is 3.66. The van der Waals surface area contributed by atoms with E-state index in [4.69, 9.17) is 0 Å². The highest BCUT2D eigenvalue weighted by Gasteiger charge is 2.14. The Morgan fingerprint density at radius 3 is 2.82 bits per heavy atom. The van der Waals surface area contributed by atoms with Crippen molar-refractivity contribution in [3.8, 4) is 0 Å². The molecule has 0 aliphatic carbocycles. The van der Waals surface area contributed by atoms with E-state index >= 15 is 0 Å². The van der Waals surface area contributed by atoms with Gasteiger partial charge in [0.15, 0.2) is 0 Å². The van der Waals surface area contributed by atoms with E-state index in [1.165, 1.54) is 18.2 Å². The zero-order chi connectivity index (χ0) is 12.8. The third kappa shape index (κ3) is 4.46. The number of rotatable bonds is 5. The lowest BCUT2D eigenvalue weighted by Crippen LogP contribution is -2.36. The van der Waals surface area contributed by atoms with Crippen LogP contribution in [0.25, 0.3) is 0 Å². The number of carbonyl (C=O) groups is 1. The average Bonchev–Trinajstić information content (AvgIpc) is 2.28. The molecule has 0 aliphatic rings. The molecule has 94 valence electrons. The first-order valence-corrected chi connectivity index (χ1v) is 7.80. The van der Waals surface area contributed by atoms with Crippen molar-refractivity contribution in [1.29, 1.82) is 0 Å². The molecule has 1 N–H and O–H groups in total. The monoisotopic (exact) mass is 367 g/mol. The number of hydrogen-bond donors (Lipinski definition) is 1. The maximum absolute atomic E-state index is 12.9. The number of carbonyl (C=O) groups excluding carboxylic acids is 1. The summed E-state index contributed by atoms with van der Waals surface area (Å²) in [7, 11) is 0. The second-order valence-corrected chi connectivity index (χ2v) is 5.73. The van der Waals surface area contributed by atoms with Crippen molar-refractivity contribution >= 4 is 40.3 Å². The van der Waals surface area contributed by atoms with Crippen molar-refractivity contribution in [1.82, 2.24) is 5.32 Å². The summed E-state index contributed by atoms with van der Waals surface area (Å²) in [5.74, 6) is 0.442. The van der Waals surface area contributed by atoms with Gasteiger partial charge in [-0.1, -0.05) is 6.92 Å². The summed E-state index contributed by atoms with van der Waals surface area (Å²) in [6, 6.07) is 4.37. The SMILES string of the molecule is CCC(CSC)NC(=O)c1ccc(F)cc1I. The van der Waals surface area contributed by atoms with Crippen LogP contribution in [0.2, 0.25) is 0 Å². The molecule has 0 saturated heterocycles. The fourth-order valence-electron chi connectivity index (χ4n) is 1.40. The number of thioether (sulfide) groups is 1. The lowest BCUT2D eigenvalue weighted by atomic mass is 10.2. The molecule has 0 bridgehead atoms. The van der Waals surface area contributed by atoms with Gasteiger partial charge in [-0.2, -0.15) is 11.8 Å². The molecule has 1 rings (SSSR count). The maximum atomic E-state index is 12.9. The largest absolute Gasteiger partial charge is 0.348 e. The molecule has 1 amide bonds. The lowest BCUT2D eigenvalue weighted by molar-refractivity contribution is 0.0939. The van der Waals surface area contributed by atoms with E-state index in [-0.39, 0.29) is 17.8 Å².